The largest absolute Gasteiger partial charge is 0.508 e. The van der Waals surface area contributed by atoms with Crippen LogP contribution in [0.1, 0.15) is 35.8 Å². The van der Waals surface area contributed by atoms with Gasteiger partial charge >= 0.3 is 0 Å². The second-order valence-electron chi connectivity index (χ2n) is 6.27. The second-order valence-corrected chi connectivity index (χ2v) is 7.27. The topological polar surface area (TPSA) is 52.6 Å². The molecule has 2 heterocycles. The van der Waals surface area contributed by atoms with Crippen molar-refractivity contribution in [1.82, 2.24) is 10.2 Å². The van der Waals surface area contributed by atoms with Crippen LogP contribution in [0.4, 0.5) is 0 Å². The van der Waals surface area contributed by atoms with E-state index in [1.807, 2.05) is 17.0 Å². The van der Waals surface area contributed by atoms with E-state index >= 15 is 0 Å². The molecule has 0 spiro atoms. The standard InChI is InChI=1S/C19H24N2O2S/c1-2-4-17(20-12-14-5-3-6-16(22)11-14)19(23)21-9-7-18-15(13-21)8-10-24-18/h3,5-6,8,10-11,17,20,22H,2,4,7,9,12-13H2,1H3/t17-/m0/s1. The summed E-state index contributed by atoms with van der Waals surface area (Å²) in [5.74, 6) is 0.447. The van der Waals surface area contributed by atoms with E-state index < -0.39 is 0 Å². The van der Waals surface area contributed by atoms with Crippen molar-refractivity contribution in [3.05, 3.63) is 51.7 Å². The van der Waals surface area contributed by atoms with Gasteiger partial charge in [0.25, 0.3) is 0 Å². The van der Waals surface area contributed by atoms with Gasteiger partial charge in [-0.2, -0.15) is 0 Å². The first kappa shape index (κ1) is 17.0. The zero-order chi connectivity index (χ0) is 16.9. The summed E-state index contributed by atoms with van der Waals surface area (Å²) in [5.41, 5.74) is 2.28. The molecule has 1 aromatic heterocycles. The Morgan fingerprint density at radius 2 is 2.29 bits per heavy atom. The van der Waals surface area contributed by atoms with E-state index in [-0.39, 0.29) is 17.7 Å². The predicted octanol–water partition coefficient (Wildman–Crippen LogP) is 3.30. The summed E-state index contributed by atoms with van der Waals surface area (Å²) in [6.45, 7) is 4.22. The van der Waals surface area contributed by atoms with Gasteiger partial charge in [-0.3, -0.25) is 4.79 Å². The lowest BCUT2D eigenvalue weighted by molar-refractivity contribution is -0.134. The van der Waals surface area contributed by atoms with Crippen LogP contribution in [-0.4, -0.2) is 28.5 Å². The van der Waals surface area contributed by atoms with Crippen molar-refractivity contribution < 1.29 is 9.90 Å². The Labute approximate surface area is 147 Å². The van der Waals surface area contributed by atoms with Crippen LogP contribution in [0.25, 0.3) is 0 Å². The first-order chi connectivity index (χ1) is 11.7. The molecule has 2 N–H and O–H groups in total. The van der Waals surface area contributed by atoms with E-state index in [2.05, 4.69) is 23.7 Å². The van der Waals surface area contributed by atoms with Crippen LogP contribution in [0, 0.1) is 0 Å². The number of fused-ring (bicyclic) bond motifs is 1. The van der Waals surface area contributed by atoms with Crippen LogP contribution in [-0.2, 0) is 24.3 Å². The van der Waals surface area contributed by atoms with Crippen LogP contribution in [0.3, 0.4) is 0 Å². The van der Waals surface area contributed by atoms with E-state index in [0.717, 1.165) is 37.9 Å². The van der Waals surface area contributed by atoms with Crippen molar-refractivity contribution in [1.29, 1.82) is 0 Å². The fourth-order valence-corrected chi connectivity index (χ4v) is 4.06. The van der Waals surface area contributed by atoms with E-state index in [1.165, 1.54) is 10.4 Å². The minimum absolute atomic E-state index is 0.169. The van der Waals surface area contributed by atoms with Crippen molar-refractivity contribution in [3.8, 4) is 5.75 Å². The molecule has 1 aliphatic rings. The number of hydrogen-bond donors (Lipinski definition) is 2. The number of thiophene rings is 1. The molecule has 1 aromatic carbocycles. The third-order valence-electron chi connectivity index (χ3n) is 4.46. The number of aromatic hydroxyl groups is 1. The lowest BCUT2D eigenvalue weighted by Crippen LogP contribution is -2.47. The molecule has 0 unspecified atom stereocenters. The van der Waals surface area contributed by atoms with Crippen LogP contribution in [0.2, 0.25) is 0 Å². The van der Waals surface area contributed by atoms with E-state index in [0.29, 0.717) is 6.54 Å². The number of benzene rings is 1. The van der Waals surface area contributed by atoms with Crippen molar-refractivity contribution in [2.75, 3.05) is 6.54 Å². The highest BCUT2D eigenvalue weighted by Crippen LogP contribution is 2.24. The van der Waals surface area contributed by atoms with Gasteiger partial charge in [-0.05, 0) is 47.5 Å². The molecule has 3 rings (SSSR count). The molecular weight excluding hydrogens is 320 g/mol. The highest BCUT2D eigenvalue weighted by atomic mass is 32.1. The smallest absolute Gasteiger partial charge is 0.240 e. The lowest BCUT2D eigenvalue weighted by Gasteiger charge is -2.31. The van der Waals surface area contributed by atoms with Gasteiger partial charge in [0.2, 0.25) is 5.91 Å². The minimum atomic E-state index is -0.169. The zero-order valence-electron chi connectivity index (χ0n) is 14.0. The predicted molar refractivity (Wildman–Crippen MR) is 97.1 cm³/mol. The summed E-state index contributed by atoms with van der Waals surface area (Å²) >= 11 is 1.79. The number of phenolic OH excluding ortho intramolecular Hbond substituents is 1. The summed E-state index contributed by atoms with van der Waals surface area (Å²) in [4.78, 5) is 16.3. The number of carbonyl (C=O) groups excluding carboxylic acids is 1. The average Bonchev–Trinajstić information content (AvgIpc) is 3.05. The van der Waals surface area contributed by atoms with Crippen molar-refractivity contribution in [3.63, 3.8) is 0 Å². The third kappa shape index (κ3) is 3.97. The Hall–Kier alpha value is -1.85. The number of amides is 1. The second kappa shape index (κ2) is 7.81. The first-order valence-corrected chi connectivity index (χ1v) is 9.40. The maximum Gasteiger partial charge on any atom is 0.240 e. The summed E-state index contributed by atoms with van der Waals surface area (Å²) < 4.78 is 0. The highest BCUT2D eigenvalue weighted by Gasteiger charge is 2.27. The molecule has 0 saturated heterocycles. The Morgan fingerprint density at radius 1 is 1.42 bits per heavy atom. The summed E-state index contributed by atoms with van der Waals surface area (Å²) in [7, 11) is 0. The molecule has 24 heavy (non-hydrogen) atoms. The minimum Gasteiger partial charge on any atom is -0.508 e. The molecule has 0 saturated carbocycles. The molecule has 0 bridgehead atoms. The van der Waals surface area contributed by atoms with Gasteiger partial charge in [0, 0.05) is 24.5 Å². The van der Waals surface area contributed by atoms with Crippen molar-refractivity contribution >= 4 is 17.2 Å². The normalized spacial score (nSPS) is 15.1. The van der Waals surface area contributed by atoms with Crippen molar-refractivity contribution in [2.45, 2.75) is 45.3 Å². The monoisotopic (exact) mass is 344 g/mol. The Balaban J connectivity index is 1.63. The van der Waals surface area contributed by atoms with E-state index in [9.17, 15) is 9.90 Å². The molecule has 0 aliphatic carbocycles. The Kier molecular flexibility index (Phi) is 5.53. The van der Waals surface area contributed by atoms with E-state index in [4.69, 9.17) is 0 Å². The van der Waals surface area contributed by atoms with Gasteiger partial charge in [0.15, 0.2) is 0 Å². The Bertz CT molecular complexity index is 698. The van der Waals surface area contributed by atoms with Crippen LogP contribution < -0.4 is 5.32 Å². The van der Waals surface area contributed by atoms with Gasteiger partial charge in [-0.25, -0.2) is 0 Å². The molecule has 128 valence electrons. The molecule has 1 aliphatic heterocycles. The number of nitrogens with zero attached hydrogens (tertiary/aromatic N) is 1. The number of rotatable bonds is 6. The summed E-state index contributed by atoms with van der Waals surface area (Å²) in [5, 5.41) is 15.1. The molecular formula is C19H24N2O2S. The number of carbonyl (C=O) groups is 1. The van der Waals surface area contributed by atoms with Gasteiger partial charge < -0.3 is 15.3 Å². The average molecular weight is 344 g/mol. The quantitative estimate of drug-likeness (QED) is 0.845. The van der Waals surface area contributed by atoms with Gasteiger partial charge in [0.1, 0.15) is 5.75 Å². The fourth-order valence-electron chi connectivity index (χ4n) is 3.17. The molecule has 0 fully saturated rings. The molecule has 4 nitrogen and oxygen atoms in total. The first-order valence-electron chi connectivity index (χ1n) is 8.52. The number of hydrogen-bond acceptors (Lipinski definition) is 4. The molecule has 2 aromatic rings. The molecule has 5 heteroatoms. The van der Waals surface area contributed by atoms with Crippen LogP contribution in [0.15, 0.2) is 35.7 Å². The van der Waals surface area contributed by atoms with Crippen LogP contribution >= 0.6 is 11.3 Å². The molecule has 1 amide bonds. The molecule has 0 radical (unpaired) electrons. The van der Waals surface area contributed by atoms with E-state index in [1.54, 1.807) is 23.5 Å². The van der Waals surface area contributed by atoms with Gasteiger partial charge in [-0.15, -0.1) is 11.3 Å². The van der Waals surface area contributed by atoms with Crippen molar-refractivity contribution in [2.24, 2.45) is 0 Å². The maximum atomic E-state index is 12.9. The highest BCUT2D eigenvalue weighted by molar-refractivity contribution is 7.10. The zero-order valence-corrected chi connectivity index (χ0v) is 14.8. The third-order valence-corrected chi connectivity index (χ3v) is 5.48. The maximum absolute atomic E-state index is 12.9. The fraction of sp³-hybridized carbons (Fsp3) is 0.421. The number of nitrogens with one attached hydrogen (secondary N) is 1. The SMILES string of the molecule is CCC[C@H](NCc1cccc(O)c1)C(=O)N1CCc2sccc2C1. The lowest BCUT2D eigenvalue weighted by atomic mass is 10.1. The number of phenols is 1. The summed E-state index contributed by atoms with van der Waals surface area (Å²) in [6, 6.07) is 9.14. The van der Waals surface area contributed by atoms with Gasteiger partial charge in [0.05, 0.1) is 6.04 Å². The van der Waals surface area contributed by atoms with Crippen LogP contribution in [0.5, 0.6) is 5.75 Å². The Morgan fingerprint density at radius 3 is 3.08 bits per heavy atom. The summed E-state index contributed by atoms with van der Waals surface area (Å²) in [6.07, 6.45) is 2.75. The molecule has 1 atom stereocenters. The van der Waals surface area contributed by atoms with Gasteiger partial charge in [-0.1, -0.05) is 25.5 Å².